The third kappa shape index (κ3) is 4.00. The van der Waals surface area contributed by atoms with Crippen LogP contribution in [0, 0.1) is 11.2 Å². The van der Waals surface area contributed by atoms with Crippen LogP contribution in [0.3, 0.4) is 0 Å². The molecule has 1 unspecified atom stereocenters. The van der Waals surface area contributed by atoms with Gasteiger partial charge in [-0.05, 0) is 59.3 Å². The lowest BCUT2D eigenvalue weighted by Crippen LogP contribution is -2.38. The van der Waals surface area contributed by atoms with E-state index in [1.807, 2.05) is 0 Å². The molecule has 2 rings (SSSR count). The number of benzene rings is 1. The molecule has 1 aromatic carbocycles. The maximum absolute atomic E-state index is 14.5. The summed E-state index contributed by atoms with van der Waals surface area (Å²) in [5.41, 5.74) is 0.812. The van der Waals surface area contributed by atoms with Gasteiger partial charge in [0.2, 0.25) is 0 Å². The van der Waals surface area contributed by atoms with Crippen LogP contribution in [-0.2, 0) is 0 Å². The van der Waals surface area contributed by atoms with Crippen LogP contribution < -0.4 is 5.32 Å². The zero-order valence-electron chi connectivity index (χ0n) is 12.8. The molecule has 1 fully saturated rings. The van der Waals surface area contributed by atoms with E-state index in [0.717, 1.165) is 25.8 Å². The molecule has 1 saturated carbocycles. The topological polar surface area (TPSA) is 12.0 Å². The minimum atomic E-state index is -0.174. The van der Waals surface area contributed by atoms with Gasteiger partial charge in [-0.25, -0.2) is 4.39 Å². The lowest BCUT2D eigenvalue weighted by atomic mass is 9.68. The zero-order valence-corrected chi connectivity index (χ0v) is 15.2. The van der Waals surface area contributed by atoms with Crippen molar-refractivity contribution < 1.29 is 4.39 Å². The van der Waals surface area contributed by atoms with E-state index in [1.165, 1.54) is 25.3 Å². The van der Waals surface area contributed by atoms with E-state index in [-0.39, 0.29) is 17.3 Å². The monoisotopic (exact) mass is 375 g/mol. The van der Waals surface area contributed by atoms with Gasteiger partial charge in [0, 0.05) is 16.1 Å². The first kappa shape index (κ1) is 17.2. The number of halogens is 3. The maximum atomic E-state index is 14.5. The molecule has 0 heterocycles. The predicted molar refractivity (Wildman–Crippen MR) is 91.3 cm³/mol. The Balaban J connectivity index is 2.37. The molecule has 0 saturated heterocycles. The van der Waals surface area contributed by atoms with Crippen LogP contribution in [-0.4, -0.2) is 6.54 Å². The van der Waals surface area contributed by atoms with Crippen molar-refractivity contribution in [2.75, 3.05) is 6.54 Å². The summed E-state index contributed by atoms with van der Waals surface area (Å²) in [4.78, 5) is 0. The Labute approximate surface area is 140 Å². The van der Waals surface area contributed by atoms with Crippen LogP contribution in [0.5, 0.6) is 0 Å². The fourth-order valence-electron chi connectivity index (χ4n) is 3.43. The third-order valence-electron chi connectivity index (χ3n) is 4.64. The van der Waals surface area contributed by atoms with Crippen molar-refractivity contribution >= 4 is 27.5 Å². The molecule has 118 valence electrons. The van der Waals surface area contributed by atoms with Gasteiger partial charge in [0.15, 0.2) is 0 Å². The predicted octanol–water partition coefficient (Wildman–Crippen LogP) is 6.25. The van der Waals surface area contributed by atoms with Crippen LogP contribution in [0.1, 0.15) is 64.0 Å². The van der Waals surface area contributed by atoms with Crippen LogP contribution >= 0.6 is 27.5 Å². The second-order valence-electron chi connectivity index (χ2n) is 6.39. The third-order valence-corrected chi connectivity index (χ3v) is 5.84. The quantitative estimate of drug-likeness (QED) is 0.599. The molecular weight excluding hydrogens is 353 g/mol. The summed E-state index contributed by atoms with van der Waals surface area (Å²) in [6.45, 7) is 5.32. The largest absolute Gasteiger partial charge is 0.309 e. The van der Waals surface area contributed by atoms with Crippen molar-refractivity contribution in [3.63, 3.8) is 0 Å². The zero-order chi connectivity index (χ0) is 15.5. The van der Waals surface area contributed by atoms with Crippen molar-refractivity contribution in [3.8, 4) is 0 Å². The fraction of sp³-hybridized carbons (Fsp3) is 0.647. The van der Waals surface area contributed by atoms with Crippen molar-refractivity contribution in [1.29, 1.82) is 0 Å². The van der Waals surface area contributed by atoms with Crippen molar-refractivity contribution in [2.45, 2.75) is 58.4 Å². The summed E-state index contributed by atoms with van der Waals surface area (Å²) in [5.74, 6) is -0.174. The van der Waals surface area contributed by atoms with Gasteiger partial charge in [-0.2, -0.15) is 0 Å². The summed E-state index contributed by atoms with van der Waals surface area (Å²) in [5, 5.41) is 4.15. The Kier molecular flexibility index (Phi) is 6.10. The molecule has 1 N–H and O–H groups in total. The number of hydrogen-bond donors (Lipinski definition) is 1. The highest BCUT2D eigenvalue weighted by Crippen LogP contribution is 2.47. The van der Waals surface area contributed by atoms with Gasteiger partial charge in [0.05, 0.1) is 5.02 Å². The van der Waals surface area contributed by atoms with Crippen LogP contribution in [0.4, 0.5) is 4.39 Å². The molecule has 1 aliphatic carbocycles. The van der Waals surface area contributed by atoms with E-state index < -0.39 is 0 Å². The standard InChI is InChI=1S/C17H24BrClFN/c1-3-9-21-16(17(2)7-5-4-6-8-17)12-10-14(19)13(18)11-15(12)20/h10-11,16,21H,3-9H2,1-2H3. The van der Waals surface area contributed by atoms with Gasteiger partial charge in [0.25, 0.3) is 0 Å². The SMILES string of the molecule is CCCNC(c1cc(Cl)c(Br)cc1F)C1(C)CCCCC1. The first-order chi connectivity index (χ1) is 9.98. The van der Waals surface area contributed by atoms with Crippen LogP contribution in [0.25, 0.3) is 0 Å². The molecule has 0 radical (unpaired) electrons. The van der Waals surface area contributed by atoms with Crippen molar-refractivity contribution in [2.24, 2.45) is 5.41 Å². The average molecular weight is 377 g/mol. The van der Waals surface area contributed by atoms with E-state index in [0.29, 0.717) is 15.1 Å². The molecule has 1 nitrogen and oxygen atoms in total. The highest BCUT2D eigenvalue weighted by Gasteiger charge is 2.37. The summed E-state index contributed by atoms with van der Waals surface area (Å²) in [7, 11) is 0. The van der Waals surface area contributed by atoms with Crippen molar-refractivity contribution in [1.82, 2.24) is 5.32 Å². The second kappa shape index (κ2) is 7.43. The van der Waals surface area contributed by atoms with Crippen LogP contribution in [0.2, 0.25) is 5.02 Å². The highest BCUT2D eigenvalue weighted by atomic mass is 79.9. The lowest BCUT2D eigenvalue weighted by molar-refractivity contribution is 0.142. The first-order valence-corrected chi connectivity index (χ1v) is 9.03. The van der Waals surface area contributed by atoms with E-state index in [1.54, 1.807) is 6.07 Å². The van der Waals surface area contributed by atoms with E-state index in [2.05, 4.69) is 35.1 Å². The van der Waals surface area contributed by atoms with Gasteiger partial charge in [-0.3, -0.25) is 0 Å². The molecule has 21 heavy (non-hydrogen) atoms. The molecule has 0 aliphatic heterocycles. The minimum Gasteiger partial charge on any atom is -0.309 e. The normalized spacial score (nSPS) is 19.5. The molecule has 0 aromatic heterocycles. The number of rotatable bonds is 5. The molecule has 0 amide bonds. The van der Waals surface area contributed by atoms with E-state index >= 15 is 0 Å². The summed E-state index contributed by atoms with van der Waals surface area (Å²) in [6, 6.07) is 3.31. The highest BCUT2D eigenvalue weighted by molar-refractivity contribution is 9.10. The second-order valence-corrected chi connectivity index (χ2v) is 7.65. The van der Waals surface area contributed by atoms with Gasteiger partial charge >= 0.3 is 0 Å². The van der Waals surface area contributed by atoms with Gasteiger partial charge in [-0.15, -0.1) is 0 Å². The summed E-state index contributed by atoms with van der Waals surface area (Å²) < 4.78 is 15.1. The molecular formula is C17H24BrClFN. The molecule has 1 aromatic rings. The van der Waals surface area contributed by atoms with E-state index in [9.17, 15) is 4.39 Å². The fourth-order valence-corrected chi connectivity index (χ4v) is 3.92. The number of hydrogen-bond acceptors (Lipinski definition) is 1. The van der Waals surface area contributed by atoms with Gasteiger partial charge < -0.3 is 5.32 Å². The summed E-state index contributed by atoms with van der Waals surface area (Å²) >= 11 is 9.51. The summed E-state index contributed by atoms with van der Waals surface area (Å²) in [6.07, 6.45) is 7.07. The molecule has 4 heteroatoms. The Morgan fingerprint density at radius 1 is 1.33 bits per heavy atom. The van der Waals surface area contributed by atoms with Crippen molar-refractivity contribution in [3.05, 3.63) is 33.0 Å². The molecule has 0 spiro atoms. The van der Waals surface area contributed by atoms with Gasteiger partial charge in [-0.1, -0.05) is 44.7 Å². The first-order valence-electron chi connectivity index (χ1n) is 7.86. The van der Waals surface area contributed by atoms with E-state index in [4.69, 9.17) is 11.6 Å². The maximum Gasteiger partial charge on any atom is 0.129 e. The smallest absolute Gasteiger partial charge is 0.129 e. The van der Waals surface area contributed by atoms with Gasteiger partial charge in [0.1, 0.15) is 5.82 Å². The Morgan fingerprint density at radius 3 is 2.62 bits per heavy atom. The average Bonchev–Trinajstić information content (AvgIpc) is 2.45. The molecule has 1 atom stereocenters. The minimum absolute atomic E-state index is 0.0309. The number of nitrogens with one attached hydrogen (secondary N) is 1. The molecule has 1 aliphatic rings. The van der Waals surface area contributed by atoms with Crippen LogP contribution in [0.15, 0.2) is 16.6 Å². The Hall–Kier alpha value is -0.120. The Bertz CT molecular complexity index is 486. The molecule has 0 bridgehead atoms. The lowest BCUT2D eigenvalue weighted by Gasteiger charge is -2.42. The Morgan fingerprint density at radius 2 is 2.00 bits per heavy atom.